The van der Waals surface area contributed by atoms with Crippen LogP contribution < -0.4 is 0 Å². The largest absolute Gasteiger partial charge is 0.469 e. The van der Waals surface area contributed by atoms with Gasteiger partial charge in [0.25, 0.3) is 0 Å². The minimum Gasteiger partial charge on any atom is -0.462 e. The molecule has 52 heavy (non-hydrogen) atoms. The molecule has 0 aliphatic rings. The van der Waals surface area contributed by atoms with Gasteiger partial charge in [-0.25, -0.2) is 4.57 Å². The van der Waals surface area contributed by atoms with Gasteiger partial charge in [0, 0.05) is 12.8 Å². The Morgan fingerprint density at radius 2 is 0.808 bits per heavy atom. The van der Waals surface area contributed by atoms with Crippen molar-refractivity contribution in [2.45, 2.75) is 238 Å². The highest BCUT2D eigenvalue weighted by atomic mass is 31.2. The molecule has 0 aromatic heterocycles. The van der Waals surface area contributed by atoms with E-state index in [1.807, 2.05) is 0 Å². The van der Waals surface area contributed by atoms with E-state index in [1.54, 1.807) is 0 Å². The molecular formula is C43H83O8P. The van der Waals surface area contributed by atoms with E-state index in [9.17, 15) is 14.2 Å². The maximum atomic E-state index is 12.4. The number of hydrogen-bond acceptors (Lipinski definition) is 6. The van der Waals surface area contributed by atoms with E-state index < -0.39 is 32.5 Å². The van der Waals surface area contributed by atoms with Crippen LogP contribution in [0.15, 0.2) is 12.2 Å². The maximum Gasteiger partial charge on any atom is 0.469 e. The highest BCUT2D eigenvalue weighted by Crippen LogP contribution is 2.36. The van der Waals surface area contributed by atoms with Crippen LogP contribution >= 0.6 is 7.82 Å². The maximum absolute atomic E-state index is 12.4. The van der Waals surface area contributed by atoms with E-state index in [0.29, 0.717) is 6.42 Å². The summed E-state index contributed by atoms with van der Waals surface area (Å²) in [5.74, 6) is -0.882. The van der Waals surface area contributed by atoms with Crippen molar-refractivity contribution in [1.82, 2.24) is 0 Å². The van der Waals surface area contributed by atoms with Crippen LogP contribution in [0.5, 0.6) is 0 Å². The van der Waals surface area contributed by atoms with Crippen LogP contribution in [-0.2, 0) is 28.2 Å². The van der Waals surface area contributed by atoms with E-state index >= 15 is 0 Å². The molecule has 0 aliphatic heterocycles. The molecule has 0 bridgehead atoms. The van der Waals surface area contributed by atoms with Gasteiger partial charge in [-0.05, 0) is 38.5 Å². The number of phosphoric ester groups is 1. The molecule has 0 spiro atoms. The molecule has 2 N–H and O–H groups in total. The Bertz CT molecular complexity index is 858. The number of ether oxygens (including phenoxy) is 2. The first-order valence-electron chi connectivity index (χ1n) is 22.0. The molecule has 0 heterocycles. The third-order valence-electron chi connectivity index (χ3n) is 9.78. The van der Waals surface area contributed by atoms with Gasteiger partial charge in [0.1, 0.15) is 6.61 Å². The van der Waals surface area contributed by atoms with E-state index in [4.69, 9.17) is 19.3 Å². The van der Waals surface area contributed by atoms with Gasteiger partial charge in [-0.15, -0.1) is 0 Å². The lowest BCUT2D eigenvalue weighted by atomic mass is 10.0. The quantitative estimate of drug-likeness (QED) is 0.0274. The zero-order valence-electron chi connectivity index (χ0n) is 34.0. The van der Waals surface area contributed by atoms with E-state index in [0.717, 1.165) is 51.4 Å². The highest BCUT2D eigenvalue weighted by Gasteiger charge is 2.22. The van der Waals surface area contributed by atoms with Gasteiger partial charge in [-0.3, -0.25) is 14.1 Å². The van der Waals surface area contributed by atoms with Crippen LogP contribution in [0.25, 0.3) is 0 Å². The fourth-order valence-electron chi connectivity index (χ4n) is 6.49. The zero-order chi connectivity index (χ0) is 38.2. The topological polar surface area (TPSA) is 119 Å². The molecule has 0 aliphatic carbocycles. The monoisotopic (exact) mass is 759 g/mol. The van der Waals surface area contributed by atoms with Gasteiger partial charge in [0.05, 0.1) is 6.61 Å². The summed E-state index contributed by atoms with van der Waals surface area (Å²) in [5, 5.41) is 0. The van der Waals surface area contributed by atoms with Gasteiger partial charge in [0.2, 0.25) is 0 Å². The molecule has 1 unspecified atom stereocenters. The van der Waals surface area contributed by atoms with Crippen LogP contribution in [0.2, 0.25) is 0 Å². The number of esters is 2. The average molecular weight is 759 g/mol. The summed E-state index contributed by atoms with van der Waals surface area (Å²) in [6.07, 6.45) is 43.7. The molecule has 9 heteroatoms. The van der Waals surface area contributed by atoms with Crippen molar-refractivity contribution in [2.75, 3.05) is 13.2 Å². The van der Waals surface area contributed by atoms with Crippen LogP contribution in [0.4, 0.5) is 0 Å². The van der Waals surface area contributed by atoms with Gasteiger partial charge in [0.15, 0.2) is 6.10 Å². The van der Waals surface area contributed by atoms with E-state index in [-0.39, 0.29) is 19.4 Å². The molecule has 308 valence electrons. The molecule has 0 aromatic carbocycles. The Morgan fingerprint density at radius 3 is 1.17 bits per heavy atom. The fraction of sp³-hybridized carbons (Fsp3) is 0.907. The molecule has 0 saturated heterocycles. The third kappa shape index (κ3) is 41.5. The first kappa shape index (κ1) is 50.8. The Kier molecular flexibility index (Phi) is 38.6. The summed E-state index contributed by atoms with van der Waals surface area (Å²) in [6.45, 7) is 3.70. The van der Waals surface area contributed by atoms with Gasteiger partial charge in [-0.2, -0.15) is 0 Å². The molecule has 0 saturated carbocycles. The van der Waals surface area contributed by atoms with Crippen molar-refractivity contribution >= 4 is 19.8 Å². The van der Waals surface area contributed by atoms with Crippen LogP contribution in [0.3, 0.4) is 0 Å². The Morgan fingerprint density at radius 1 is 0.481 bits per heavy atom. The minimum atomic E-state index is -4.75. The third-order valence-corrected chi connectivity index (χ3v) is 10.3. The summed E-state index contributed by atoms with van der Waals surface area (Å²) >= 11 is 0. The van der Waals surface area contributed by atoms with Crippen molar-refractivity contribution in [3.63, 3.8) is 0 Å². The summed E-state index contributed by atoms with van der Waals surface area (Å²) in [4.78, 5) is 42.9. The lowest BCUT2D eigenvalue weighted by Gasteiger charge is -2.18. The molecule has 0 rings (SSSR count). The summed E-state index contributed by atoms with van der Waals surface area (Å²) in [5.41, 5.74) is 0. The molecule has 8 nitrogen and oxygen atoms in total. The number of allylic oxidation sites excluding steroid dienone is 2. The predicted molar refractivity (Wildman–Crippen MR) is 216 cm³/mol. The standard InChI is InChI=1S/C43H83O8P/c1-3-5-7-9-11-13-15-17-19-20-21-22-23-24-26-27-29-31-33-35-37-42(44)49-39-41(40-50-52(46,47)48)51-43(45)38-36-34-32-30-28-25-18-16-14-12-10-8-6-4-2/h16,18,41H,3-15,17,19-40H2,1-2H3,(H2,46,47,48)/b18-16-. The van der Waals surface area contributed by atoms with E-state index in [1.165, 1.54) is 148 Å². The van der Waals surface area contributed by atoms with Crippen LogP contribution in [0, 0.1) is 0 Å². The second kappa shape index (κ2) is 39.5. The Balaban J connectivity index is 3.83. The van der Waals surface area contributed by atoms with Crippen molar-refractivity contribution in [3.8, 4) is 0 Å². The first-order chi connectivity index (χ1) is 25.3. The van der Waals surface area contributed by atoms with Gasteiger partial charge in [-0.1, -0.05) is 193 Å². The second-order valence-electron chi connectivity index (χ2n) is 15.0. The van der Waals surface area contributed by atoms with Gasteiger partial charge < -0.3 is 19.3 Å². The summed E-state index contributed by atoms with van der Waals surface area (Å²) in [7, 11) is -4.75. The Labute approximate surface area is 320 Å². The highest BCUT2D eigenvalue weighted by molar-refractivity contribution is 7.46. The number of phosphoric acid groups is 1. The second-order valence-corrected chi connectivity index (χ2v) is 16.3. The summed E-state index contributed by atoms with van der Waals surface area (Å²) in [6, 6.07) is 0. The molecule has 0 radical (unpaired) electrons. The number of carbonyl (C=O) groups excluding carboxylic acids is 2. The van der Waals surface area contributed by atoms with Crippen LogP contribution in [-0.4, -0.2) is 41.0 Å². The molecule has 0 fully saturated rings. The van der Waals surface area contributed by atoms with Crippen molar-refractivity contribution in [2.24, 2.45) is 0 Å². The lowest BCUT2D eigenvalue weighted by Crippen LogP contribution is -2.29. The number of hydrogen-bond donors (Lipinski definition) is 2. The van der Waals surface area contributed by atoms with Crippen LogP contribution in [0.1, 0.15) is 232 Å². The molecule has 1 atom stereocenters. The normalized spacial score (nSPS) is 12.5. The van der Waals surface area contributed by atoms with Crippen molar-refractivity contribution in [3.05, 3.63) is 12.2 Å². The minimum absolute atomic E-state index is 0.206. The number of rotatable bonds is 41. The first-order valence-corrected chi connectivity index (χ1v) is 23.5. The smallest absolute Gasteiger partial charge is 0.462 e. The lowest BCUT2D eigenvalue weighted by molar-refractivity contribution is -0.161. The molecular weight excluding hydrogens is 675 g/mol. The zero-order valence-corrected chi connectivity index (χ0v) is 34.9. The average Bonchev–Trinajstić information content (AvgIpc) is 3.11. The van der Waals surface area contributed by atoms with Crippen molar-refractivity contribution < 1.29 is 37.9 Å². The molecule has 0 aromatic rings. The number of carbonyl (C=O) groups is 2. The number of unbranched alkanes of at least 4 members (excludes halogenated alkanes) is 29. The van der Waals surface area contributed by atoms with Gasteiger partial charge >= 0.3 is 19.8 Å². The SMILES string of the molecule is CCCCCCC/C=C\CCCCCCCC(=O)OC(COC(=O)CCCCCCCCCCCCCCCCCCCCCC)COP(=O)(O)O. The van der Waals surface area contributed by atoms with E-state index in [2.05, 4.69) is 30.5 Å². The Hall–Kier alpha value is -1.21. The molecule has 0 amide bonds. The summed E-state index contributed by atoms with van der Waals surface area (Å²) < 4.78 is 26.4. The fourth-order valence-corrected chi connectivity index (χ4v) is 6.85. The van der Waals surface area contributed by atoms with Crippen molar-refractivity contribution in [1.29, 1.82) is 0 Å². The predicted octanol–water partition coefficient (Wildman–Crippen LogP) is 13.4.